The topological polar surface area (TPSA) is 71.8 Å². The molecule has 1 unspecified atom stereocenters. The zero-order chi connectivity index (χ0) is 25.3. The fourth-order valence-electron chi connectivity index (χ4n) is 5.05. The van der Waals surface area contributed by atoms with Gasteiger partial charge in [0.25, 0.3) is 0 Å². The van der Waals surface area contributed by atoms with Gasteiger partial charge in [-0.1, -0.05) is 80.4 Å². The first kappa shape index (κ1) is 25.7. The van der Waals surface area contributed by atoms with Crippen molar-refractivity contribution in [1.82, 2.24) is 9.47 Å². The first-order valence-corrected chi connectivity index (χ1v) is 13.0. The Morgan fingerprint density at radius 1 is 1.03 bits per heavy atom. The minimum Gasteiger partial charge on any atom is -0.488 e. The fourth-order valence-corrected chi connectivity index (χ4v) is 5.05. The van der Waals surface area contributed by atoms with E-state index in [4.69, 9.17) is 4.74 Å². The molecular weight excluding hydrogens is 452 g/mol. The number of aromatic nitrogens is 1. The van der Waals surface area contributed by atoms with Gasteiger partial charge in [-0.2, -0.15) is 0 Å². The zero-order valence-electron chi connectivity index (χ0n) is 21.0. The first-order valence-electron chi connectivity index (χ1n) is 13.0. The van der Waals surface area contributed by atoms with E-state index in [2.05, 4.69) is 53.4 Å². The largest absolute Gasteiger partial charge is 0.488 e. The Balaban J connectivity index is 1.59. The lowest BCUT2D eigenvalue weighted by Gasteiger charge is -2.38. The van der Waals surface area contributed by atoms with Crippen LogP contribution >= 0.6 is 0 Å². The van der Waals surface area contributed by atoms with E-state index in [0.29, 0.717) is 13.2 Å². The molecule has 1 aliphatic rings. The number of hydrogen-bond donors (Lipinski definition) is 1. The SMILES string of the molecule is CCCCOc1cn(CC2CCCCN2CC(c2ccccc2)c2ccccc2)cc(C(=O)O)c1=O. The van der Waals surface area contributed by atoms with Crippen LogP contribution in [0, 0.1) is 0 Å². The summed E-state index contributed by atoms with van der Waals surface area (Å²) >= 11 is 0. The standard InChI is InChI=1S/C30H36N2O4/c1-2-3-18-36-28-22-31(20-27(29(28)33)30(34)35)19-25-16-10-11-17-32(25)21-26(23-12-6-4-7-13-23)24-14-8-5-9-15-24/h4-9,12-15,20,22,25-26H,2-3,10-11,16-19,21H2,1H3,(H,34,35). The molecule has 0 bridgehead atoms. The predicted molar refractivity (Wildman–Crippen MR) is 142 cm³/mol. The molecule has 6 heteroatoms. The molecule has 0 radical (unpaired) electrons. The van der Waals surface area contributed by atoms with Crippen molar-refractivity contribution in [3.63, 3.8) is 0 Å². The Morgan fingerprint density at radius 3 is 2.31 bits per heavy atom. The number of unbranched alkanes of at least 4 members (excludes halogenated alkanes) is 1. The van der Waals surface area contributed by atoms with Gasteiger partial charge in [-0.05, 0) is 36.9 Å². The van der Waals surface area contributed by atoms with Gasteiger partial charge in [-0.3, -0.25) is 9.69 Å². The summed E-state index contributed by atoms with van der Waals surface area (Å²) in [5, 5.41) is 9.64. The van der Waals surface area contributed by atoms with Crippen LogP contribution in [0.3, 0.4) is 0 Å². The summed E-state index contributed by atoms with van der Waals surface area (Å²) in [6, 6.07) is 21.5. The van der Waals surface area contributed by atoms with Gasteiger partial charge in [0, 0.05) is 31.2 Å². The van der Waals surface area contributed by atoms with E-state index < -0.39 is 11.4 Å². The Labute approximate surface area is 213 Å². The van der Waals surface area contributed by atoms with E-state index in [0.717, 1.165) is 45.2 Å². The lowest BCUT2D eigenvalue weighted by Crippen LogP contribution is -2.44. The Kier molecular flexibility index (Phi) is 8.95. The van der Waals surface area contributed by atoms with E-state index >= 15 is 0 Å². The van der Waals surface area contributed by atoms with E-state index in [1.54, 1.807) is 6.20 Å². The number of carboxylic acid groups (broad SMARTS) is 1. The van der Waals surface area contributed by atoms with Crippen LogP contribution in [-0.4, -0.2) is 46.3 Å². The molecule has 6 nitrogen and oxygen atoms in total. The molecule has 4 rings (SSSR count). The second-order valence-corrected chi connectivity index (χ2v) is 9.59. The number of carbonyl (C=O) groups is 1. The lowest BCUT2D eigenvalue weighted by atomic mass is 9.89. The first-order chi connectivity index (χ1) is 17.6. The van der Waals surface area contributed by atoms with Gasteiger partial charge >= 0.3 is 5.97 Å². The normalized spacial score (nSPS) is 16.2. The molecule has 0 aliphatic carbocycles. The quantitative estimate of drug-likeness (QED) is 0.365. The molecule has 1 atom stereocenters. The average Bonchev–Trinajstić information content (AvgIpc) is 2.90. The Bertz CT molecular complexity index is 1140. The lowest BCUT2D eigenvalue weighted by molar-refractivity contribution is 0.0693. The molecule has 0 saturated carbocycles. The third kappa shape index (κ3) is 6.43. The highest BCUT2D eigenvalue weighted by Gasteiger charge is 2.27. The van der Waals surface area contributed by atoms with Crippen molar-refractivity contribution in [1.29, 1.82) is 0 Å². The maximum Gasteiger partial charge on any atom is 0.341 e. The van der Waals surface area contributed by atoms with Crippen molar-refractivity contribution in [2.24, 2.45) is 0 Å². The highest BCUT2D eigenvalue weighted by Crippen LogP contribution is 2.29. The fraction of sp³-hybridized carbons (Fsp3) is 0.400. The molecular formula is C30H36N2O4. The highest BCUT2D eigenvalue weighted by molar-refractivity contribution is 5.87. The van der Waals surface area contributed by atoms with Crippen LogP contribution < -0.4 is 10.2 Å². The zero-order valence-corrected chi connectivity index (χ0v) is 21.0. The van der Waals surface area contributed by atoms with E-state index in [1.165, 1.54) is 17.3 Å². The van der Waals surface area contributed by atoms with Gasteiger partial charge in [0.1, 0.15) is 5.56 Å². The van der Waals surface area contributed by atoms with Crippen molar-refractivity contribution >= 4 is 5.97 Å². The van der Waals surface area contributed by atoms with Gasteiger partial charge in [-0.15, -0.1) is 0 Å². The van der Waals surface area contributed by atoms with E-state index in [-0.39, 0.29) is 23.3 Å². The number of ether oxygens (including phenoxy) is 1. The maximum absolute atomic E-state index is 12.6. The van der Waals surface area contributed by atoms with Crippen molar-refractivity contribution in [3.05, 3.63) is 100.0 Å². The minimum atomic E-state index is -1.22. The van der Waals surface area contributed by atoms with Crippen LogP contribution in [0.25, 0.3) is 0 Å². The number of nitrogens with zero attached hydrogens (tertiary/aromatic N) is 2. The number of rotatable bonds is 11. The summed E-state index contributed by atoms with van der Waals surface area (Å²) < 4.78 is 7.54. The van der Waals surface area contributed by atoms with Crippen LogP contribution in [0.1, 0.15) is 66.4 Å². The summed E-state index contributed by atoms with van der Waals surface area (Å²) in [6.07, 6.45) is 8.20. The number of likely N-dealkylation sites (tertiary alicyclic amines) is 1. The van der Waals surface area contributed by atoms with Crippen molar-refractivity contribution < 1.29 is 14.6 Å². The molecule has 0 amide bonds. The molecule has 1 N–H and O–H groups in total. The molecule has 0 spiro atoms. The predicted octanol–water partition coefficient (Wildman–Crippen LogP) is 5.41. The molecule has 1 aromatic heterocycles. The Morgan fingerprint density at radius 2 is 1.69 bits per heavy atom. The monoisotopic (exact) mass is 488 g/mol. The van der Waals surface area contributed by atoms with Crippen LogP contribution in [0.4, 0.5) is 0 Å². The van der Waals surface area contributed by atoms with Gasteiger partial charge in [0.15, 0.2) is 5.75 Å². The molecule has 1 saturated heterocycles. The number of carboxylic acids is 1. The van der Waals surface area contributed by atoms with Gasteiger partial charge in [0.05, 0.1) is 12.8 Å². The smallest absolute Gasteiger partial charge is 0.341 e. The molecule has 1 aliphatic heterocycles. The number of pyridine rings is 1. The van der Waals surface area contributed by atoms with Gasteiger partial charge in [-0.25, -0.2) is 4.79 Å². The van der Waals surface area contributed by atoms with Crippen LogP contribution in [0.15, 0.2) is 77.9 Å². The molecule has 36 heavy (non-hydrogen) atoms. The number of piperidine rings is 1. The molecule has 2 heterocycles. The molecule has 3 aromatic rings. The maximum atomic E-state index is 12.6. The third-order valence-electron chi connectivity index (χ3n) is 7.02. The third-order valence-corrected chi connectivity index (χ3v) is 7.02. The summed E-state index contributed by atoms with van der Waals surface area (Å²) in [5.41, 5.74) is 1.79. The average molecular weight is 489 g/mol. The second-order valence-electron chi connectivity index (χ2n) is 9.59. The van der Waals surface area contributed by atoms with Gasteiger partial charge in [0.2, 0.25) is 5.43 Å². The number of benzene rings is 2. The molecule has 190 valence electrons. The van der Waals surface area contributed by atoms with Crippen LogP contribution in [0.5, 0.6) is 5.75 Å². The molecule has 1 fully saturated rings. The Hall–Kier alpha value is -3.38. The van der Waals surface area contributed by atoms with E-state index in [9.17, 15) is 14.7 Å². The summed E-state index contributed by atoms with van der Waals surface area (Å²) in [7, 11) is 0. The van der Waals surface area contributed by atoms with Crippen molar-refractivity contribution in [2.75, 3.05) is 19.7 Å². The summed E-state index contributed by atoms with van der Waals surface area (Å²) in [6.45, 7) is 4.93. The summed E-state index contributed by atoms with van der Waals surface area (Å²) in [4.78, 5) is 27.0. The van der Waals surface area contributed by atoms with Crippen LogP contribution in [-0.2, 0) is 6.54 Å². The number of aromatic carboxylic acids is 1. The highest BCUT2D eigenvalue weighted by atomic mass is 16.5. The molecule has 2 aromatic carbocycles. The second kappa shape index (κ2) is 12.5. The minimum absolute atomic E-state index is 0.122. The van der Waals surface area contributed by atoms with E-state index in [1.807, 2.05) is 23.6 Å². The van der Waals surface area contributed by atoms with Crippen molar-refractivity contribution in [3.8, 4) is 5.75 Å². The number of hydrogen-bond acceptors (Lipinski definition) is 4. The van der Waals surface area contributed by atoms with Gasteiger partial charge < -0.3 is 14.4 Å². The van der Waals surface area contributed by atoms with Crippen LogP contribution in [0.2, 0.25) is 0 Å². The summed E-state index contributed by atoms with van der Waals surface area (Å²) in [5.74, 6) is -0.856. The van der Waals surface area contributed by atoms with Crippen molar-refractivity contribution in [2.45, 2.75) is 57.5 Å².